The van der Waals surface area contributed by atoms with Crippen molar-refractivity contribution in [3.8, 4) is 11.8 Å². The van der Waals surface area contributed by atoms with Gasteiger partial charge in [0.25, 0.3) is 0 Å². The van der Waals surface area contributed by atoms with Gasteiger partial charge < -0.3 is 11.1 Å². The molecule has 1 aliphatic rings. The first-order valence-electron chi connectivity index (χ1n) is 6.20. The second-order valence-corrected chi connectivity index (χ2v) is 6.65. The van der Waals surface area contributed by atoms with Crippen molar-refractivity contribution in [2.75, 3.05) is 26.2 Å². The summed E-state index contributed by atoms with van der Waals surface area (Å²) >= 11 is 6.04. The van der Waals surface area contributed by atoms with Gasteiger partial charge in [-0.15, -0.1) is 0 Å². The van der Waals surface area contributed by atoms with Gasteiger partial charge >= 0.3 is 0 Å². The third kappa shape index (κ3) is 3.54. The van der Waals surface area contributed by atoms with Crippen LogP contribution in [0.1, 0.15) is 5.56 Å². The topological polar surface area (TPSA) is 92.5 Å². The summed E-state index contributed by atoms with van der Waals surface area (Å²) in [6.45, 7) is 0.517. The number of piperazine rings is 1. The third-order valence-electron chi connectivity index (χ3n) is 2.89. The van der Waals surface area contributed by atoms with Gasteiger partial charge in [-0.2, -0.15) is 4.31 Å². The molecule has 6 nitrogen and oxygen atoms in total. The van der Waals surface area contributed by atoms with Crippen molar-refractivity contribution < 1.29 is 13.2 Å². The zero-order valence-electron chi connectivity index (χ0n) is 11.1. The summed E-state index contributed by atoms with van der Waals surface area (Å²) in [5.74, 6) is 5.12. The molecule has 2 rings (SSSR count). The molecular formula is C13H14ClN3O3S. The summed E-state index contributed by atoms with van der Waals surface area (Å²) in [7, 11) is -3.80. The van der Waals surface area contributed by atoms with Crippen LogP contribution in [0, 0.1) is 11.8 Å². The number of amides is 1. The second kappa shape index (κ2) is 6.45. The first-order valence-corrected chi connectivity index (χ1v) is 8.02. The van der Waals surface area contributed by atoms with Crippen molar-refractivity contribution in [2.45, 2.75) is 4.90 Å². The largest absolute Gasteiger partial charge is 0.354 e. The molecule has 0 aromatic heterocycles. The predicted molar refractivity (Wildman–Crippen MR) is 79.2 cm³/mol. The van der Waals surface area contributed by atoms with Crippen LogP contribution in [0.15, 0.2) is 23.1 Å². The van der Waals surface area contributed by atoms with Crippen molar-refractivity contribution in [2.24, 2.45) is 5.73 Å². The summed E-state index contributed by atoms with van der Waals surface area (Å²) in [6.07, 6.45) is 0. The molecular weight excluding hydrogens is 314 g/mol. The Hall–Kier alpha value is -1.59. The van der Waals surface area contributed by atoms with Crippen LogP contribution in [-0.4, -0.2) is 44.8 Å². The average Bonchev–Trinajstić information content (AvgIpc) is 2.45. The standard InChI is InChI=1S/C13H14ClN3O3S/c14-11-8-10(2-1-5-15)3-4-12(11)21(19,20)17-7-6-16-13(18)9-17/h3-4,8H,5-7,9,15H2,(H,16,18). The quantitative estimate of drug-likeness (QED) is 0.734. The zero-order chi connectivity index (χ0) is 15.5. The highest BCUT2D eigenvalue weighted by atomic mass is 35.5. The van der Waals surface area contributed by atoms with Crippen molar-refractivity contribution >= 4 is 27.5 Å². The van der Waals surface area contributed by atoms with Crippen LogP contribution in [0.2, 0.25) is 5.02 Å². The van der Waals surface area contributed by atoms with Crippen LogP contribution in [0.25, 0.3) is 0 Å². The van der Waals surface area contributed by atoms with Crippen molar-refractivity contribution in [1.82, 2.24) is 9.62 Å². The Morgan fingerprint density at radius 2 is 2.19 bits per heavy atom. The molecule has 1 aromatic carbocycles. The summed E-state index contributed by atoms with van der Waals surface area (Å²) < 4.78 is 26.1. The second-order valence-electron chi connectivity index (χ2n) is 4.34. The molecule has 1 heterocycles. The lowest BCUT2D eigenvalue weighted by atomic mass is 10.2. The maximum atomic E-state index is 12.5. The number of benzene rings is 1. The lowest BCUT2D eigenvalue weighted by Crippen LogP contribution is -2.49. The Morgan fingerprint density at radius 1 is 1.43 bits per heavy atom. The normalized spacial score (nSPS) is 16.0. The van der Waals surface area contributed by atoms with Crippen LogP contribution in [-0.2, 0) is 14.8 Å². The highest BCUT2D eigenvalue weighted by molar-refractivity contribution is 7.89. The van der Waals surface area contributed by atoms with E-state index in [-0.39, 0.29) is 42.0 Å². The molecule has 0 radical (unpaired) electrons. The Balaban J connectivity index is 2.34. The summed E-state index contributed by atoms with van der Waals surface area (Å²) in [4.78, 5) is 11.3. The third-order valence-corrected chi connectivity index (χ3v) is 5.22. The number of nitrogens with zero attached hydrogens (tertiary/aromatic N) is 1. The summed E-state index contributed by atoms with van der Waals surface area (Å²) in [5, 5.41) is 2.65. The molecule has 0 spiro atoms. The van der Waals surface area contributed by atoms with Crippen molar-refractivity contribution in [1.29, 1.82) is 0 Å². The van der Waals surface area contributed by atoms with Gasteiger partial charge in [-0.3, -0.25) is 4.79 Å². The maximum absolute atomic E-state index is 12.5. The Morgan fingerprint density at radius 3 is 2.81 bits per heavy atom. The van der Waals surface area contributed by atoms with E-state index in [0.717, 1.165) is 4.31 Å². The number of carbonyl (C=O) groups excluding carboxylic acids is 1. The van der Waals surface area contributed by atoms with Gasteiger partial charge in [-0.1, -0.05) is 23.4 Å². The fourth-order valence-electron chi connectivity index (χ4n) is 1.90. The van der Waals surface area contributed by atoms with Gasteiger partial charge in [-0.25, -0.2) is 8.42 Å². The number of nitrogens with two attached hydrogens (primary N) is 1. The monoisotopic (exact) mass is 327 g/mol. The number of nitrogens with one attached hydrogen (secondary N) is 1. The fraction of sp³-hybridized carbons (Fsp3) is 0.308. The van der Waals surface area contributed by atoms with Crippen LogP contribution < -0.4 is 11.1 Å². The molecule has 112 valence electrons. The molecule has 1 amide bonds. The smallest absolute Gasteiger partial charge is 0.245 e. The fourth-order valence-corrected chi connectivity index (χ4v) is 3.82. The Kier molecular flexibility index (Phi) is 4.85. The van der Waals surface area contributed by atoms with Gasteiger partial charge in [0.05, 0.1) is 18.1 Å². The number of hydrogen-bond donors (Lipinski definition) is 2. The Bertz CT molecular complexity index is 722. The SMILES string of the molecule is NCC#Cc1ccc(S(=O)(=O)N2CCNC(=O)C2)c(Cl)c1. The average molecular weight is 328 g/mol. The summed E-state index contributed by atoms with van der Waals surface area (Å²) in [5.41, 5.74) is 5.86. The van der Waals surface area contributed by atoms with Crippen LogP contribution in [0.4, 0.5) is 0 Å². The zero-order valence-corrected chi connectivity index (χ0v) is 12.7. The van der Waals surface area contributed by atoms with E-state index >= 15 is 0 Å². The van der Waals surface area contributed by atoms with E-state index in [1.807, 2.05) is 0 Å². The van der Waals surface area contributed by atoms with E-state index in [1.165, 1.54) is 12.1 Å². The molecule has 0 unspecified atom stereocenters. The summed E-state index contributed by atoms with van der Waals surface area (Å²) in [6, 6.07) is 4.43. The van der Waals surface area contributed by atoms with Crippen molar-refractivity contribution in [3.63, 3.8) is 0 Å². The molecule has 1 aliphatic heterocycles. The van der Waals surface area contributed by atoms with Gasteiger partial charge in [0.2, 0.25) is 15.9 Å². The van der Waals surface area contributed by atoms with E-state index in [2.05, 4.69) is 17.2 Å². The van der Waals surface area contributed by atoms with Gasteiger partial charge in [0.1, 0.15) is 4.90 Å². The first-order chi connectivity index (χ1) is 9.95. The van der Waals surface area contributed by atoms with Crippen molar-refractivity contribution in [3.05, 3.63) is 28.8 Å². The maximum Gasteiger partial charge on any atom is 0.245 e. The minimum absolute atomic E-state index is 0.0304. The molecule has 0 atom stereocenters. The van der Waals surface area contributed by atoms with Crippen LogP contribution >= 0.6 is 11.6 Å². The molecule has 1 fully saturated rings. The molecule has 0 aliphatic carbocycles. The number of sulfonamides is 1. The molecule has 1 aromatic rings. The van der Waals surface area contributed by atoms with E-state index in [0.29, 0.717) is 5.56 Å². The molecule has 3 N–H and O–H groups in total. The number of carbonyl (C=O) groups is 1. The number of halogens is 1. The Labute approximate surface area is 128 Å². The first kappa shape index (κ1) is 15.8. The van der Waals surface area contributed by atoms with E-state index < -0.39 is 10.0 Å². The minimum atomic E-state index is -3.80. The molecule has 21 heavy (non-hydrogen) atoms. The highest BCUT2D eigenvalue weighted by Crippen LogP contribution is 2.25. The van der Waals surface area contributed by atoms with Crippen LogP contribution in [0.5, 0.6) is 0 Å². The molecule has 1 saturated heterocycles. The minimum Gasteiger partial charge on any atom is -0.354 e. The predicted octanol–water partition coefficient (Wildman–Crippen LogP) is -0.229. The number of hydrogen-bond acceptors (Lipinski definition) is 4. The van der Waals surface area contributed by atoms with Gasteiger partial charge in [0, 0.05) is 18.7 Å². The number of rotatable bonds is 2. The van der Waals surface area contributed by atoms with Crippen LogP contribution in [0.3, 0.4) is 0 Å². The highest BCUT2D eigenvalue weighted by Gasteiger charge is 2.30. The molecule has 0 bridgehead atoms. The lowest BCUT2D eigenvalue weighted by Gasteiger charge is -2.26. The van der Waals surface area contributed by atoms with E-state index in [1.54, 1.807) is 6.07 Å². The van der Waals surface area contributed by atoms with E-state index in [4.69, 9.17) is 17.3 Å². The molecule has 0 saturated carbocycles. The van der Waals surface area contributed by atoms with Gasteiger partial charge in [-0.05, 0) is 18.2 Å². The van der Waals surface area contributed by atoms with E-state index in [9.17, 15) is 13.2 Å². The van der Waals surface area contributed by atoms with Gasteiger partial charge in [0.15, 0.2) is 0 Å². The molecule has 8 heteroatoms. The lowest BCUT2D eigenvalue weighted by molar-refractivity contribution is -0.122.